The standard InChI is InChI=1S/C17H20O2/c1-3-7-14-10-16(18)17(19)11-15(14)12(2)13-8-5-4-6-9-13/h4-6,8-12,18-19H,3,7H2,1-2H3. The number of aryl methyl sites for hydroxylation is 1. The van der Waals surface area contributed by atoms with Crippen molar-refractivity contribution in [2.24, 2.45) is 0 Å². The molecule has 2 aromatic rings. The molecular weight excluding hydrogens is 236 g/mol. The van der Waals surface area contributed by atoms with Crippen molar-refractivity contribution in [1.82, 2.24) is 0 Å². The number of aromatic hydroxyl groups is 2. The van der Waals surface area contributed by atoms with Crippen LogP contribution in [0, 0.1) is 0 Å². The lowest BCUT2D eigenvalue weighted by Gasteiger charge is -2.18. The van der Waals surface area contributed by atoms with Crippen molar-refractivity contribution < 1.29 is 10.2 Å². The van der Waals surface area contributed by atoms with E-state index in [0.717, 1.165) is 24.0 Å². The highest BCUT2D eigenvalue weighted by molar-refractivity contribution is 5.49. The van der Waals surface area contributed by atoms with Crippen molar-refractivity contribution in [3.8, 4) is 11.5 Å². The molecule has 100 valence electrons. The van der Waals surface area contributed by atoms with E-state index in [1.165, 1.54) is 5.56 Å². The highest BCUT2D eigenvalue weighted by Gasteiger charge is 2.15. The molecule has 2 aromatic carbocycles. The summed E-state index contributed by atoms with van der Waals surface area (Å²) in [5.41, 5.74) is 3.41. The Balaban J connectivity index is 2.45. The summed E-state index contributed by atoms with van der Waals surface area (Å²) < 4.78 is 0. The van der Waals surface area contributed by atoms with Gasteiger partial charge in [-0.1, -0.05) is 50.6 Å². The number of rotatable bonds is 4. The van der Waals surface area contributed by atoms with Gasteiger partial charge in [0.25, 0.3) is 0 Å². The van der Waals surface area contributed by atoms with Gasteiger partial charge in [0.2, 0.25) is 0 Å². The van der Waals surface area contributed by atoms with Gasteiger partial charge >= 0.3 is 0 Å². The molecule has 0 spiro atoms. The SMILES string of the molecule is CCCc1cc(O)c(O)cc1C(C)c1ccccc1. The van der Waals surface area contributed by atoms with Gasteiger partial charge < -0.3 is 10.2 Å². The van der Waals surface area contributed by atoms with Crippen molar-refractivity contribution in [3.63, 3.8) is 0 Å². The van der Waals surface area contributed by atoms with Gasteiger partial charge in [0.1, 0.15) is 0 Å². The zero-order valence-corrected chi connectivity index (χ0v) is 11.4. The third-order valence-corrected chi connectivity index (χ3v) is 3.52. The summed E-state index contributed by atoms with van der Waals surface area (Å²) in [4.78, 5) is 0. The smallest absolute Gasteiger partial charge is 0.157 e. The van der Waals surface area contributed by atoms with E-state index >= 15 is 0 Å². The third kappa shape index (κ3) is 2.90. The second-order valence-corrected chi connectivity index (χ2v) is 4.92. The van der Waals surface area contributed by atoms with Crippen molar-refractivity contribution in [3.05, 3.63) is 59.2 Å². The number of benzene rings is 2. The third-order valence-electron chi connectivity index (χ3n) is 3.52. The summed E-state index contributed by atoms with van der Waals surface area (Å²) in [6, 6.07) is 13.6. The Bertz CT molecular complexity index is 547. The van der Waals surface area contributed by atoms with Crippen LogP contribution in [0.5, 0.6) is 11.5 Å². The molecule has 2 heteroatoms. The van der Waals surface area contributed by atoms with Gasteiger partial charge in [0, 0.05) is 5.92 Å². The van der Waals surface area contributed by atoms with Crippen molar-refractivity contribution in [2.75, 3.05) is 0 Å². The van der Waals surface area contributed by atoms with E-state index in [1.807, 2.05) is 18.2 Å². The molecule has 1 atom stereocenters. The topological polar surface area (TPSA) is 40.5 Å². The summed E-state index contributed by atoms with van der Waals surface area (Å²) >= 11 is 0. The second kappa shape index (κ2) is 5.79. The predicted molar refractivity (Wildman–Crippen MR) is 77.7 cm³/mol. The van der Waals surface area contributed by atoms with Gasteiger partial charge in [-0.2, -0.15) is 0 Å². The Morgan fingerprint density at radius 2 is 1.63 bits per heavy atom. The minimum absolute atomic E-state index is 0.0348. The van der Waals surface area contributed by atoms with Crippen LogP contribution in [0.2, 0.25) is 0 Å². The highest BCUT2D eigenvalue weighted by atomic mass is 16.3. The van der Waals surface area contributed by atoms with Gasteiger partial charge in [-0.3, -0.25) is 0 Å². The lowest BCUT2D eigenvalue weighted by molar-refractivity contribution is 0.402. The van der Waals surface area contributed by atoms with E-state index in [4.69, 9.17) is 0 Å². The fourth-order valence-corrected chi connectivity index (χ4v) is 2.45. The first kappa shape index (κ1) is 13.5. The molecule has 0 aromatic heterocycles. The van der Waals surface area contributed by atoms with Gasteiger partial charge in [-0.15, -0.1) is 0 Å². The van der Waals surface area contributed by atoms with Crippen LogP contribution in [0.1, 0.15) is 42.9 Å². The summed E-state index contributed by atoms with van der Waals surface area (Å²) in [5, 5.41) is 19.4. The molecule has 0 aliphatic rings. The molecule has 2 nitrogen and oxygen atoms in total. The summed E-state index contributed by atoms with van der Waals surface area (Å²) in [5.74, 6) is 0.124. The summed E-state index contributed by atoms with van der Waals surface area (Å²) in [7, 11) is 0. The maximum atomic E-state index is 9.74. The number of hydrogen-bond donors (Lipinski definition) is 2. The lowest BCUT2D eigenvalue weighted by atomic mass is 9.88. The largest absolute Gasteiger partial charge is 0.504 e. The maximum Gasteiger partial charge on any atom is 0.157 e. The van der Waals surface area contributed by atoms with Crippen LogP contribution in [0.4, 0.5) is 0 Å². The Kier molecular flexibility index (Phi) is 4.10. The first-order chi connectivity index (χ1) is 9.13. The molecule has 0 aliphatic heterocycles. The Morgan fingerprint density at radius 1 is 1.00 bits per heavy atom. The molecule has 0 heterocycles. The maximum absolute atomic E-state index is 9.74. The molecular formula is C17H20O2. The van der Waals surface area contributed by atoms with E-state index < -0.39 is 0 Å². The molecule has 0 bridgehead atoms. The fourth-order valence-electron chi connectivity index (χ4n) is 2.45. The normalized spacial score (nSPS) is 12.3. The van der Waals surface area contributed by atoms with Gasteiger partial charge in [0.15, 0.2) is 11.5 Å². The van der Waals surface area contributed by atoms with E-state index in [2.05, 4.69) is 26.0 Å². The van der Waals surface area contributed by atoms with Crippen LogP contribution < -0.4 is 0 Å². The van der Waals surface area contributed by atoms with Gasteiger partial charge in [-0.25, -0.2) is 0 Å². The lowest BCUT2D eigenvalue weighted by Crippen LogP contribution is -2.01. The van der Waals surface area contributed by atoms with Crippen LogP contribution in [0.3, 0.4) is 0 Å². The fraction of sp³-hybridized carbons (Fsp3) is 0.294. The quantitative estimate of drug-likeness (QED) is 0.805. The predicted octanol–water partition coefficient (Wildman–Crippen LogP) is 4.20. The van der Waals surface area contributed by atoms with Crippen LogP contribution in [-0.4, -0.2) is 10.2 Å². The summed E-state index contributed by atoms with van der Waals surface area (Å²) in [6.45, 7) is 4.24. The highest BCUT2D eigenvalue weighted by Crippen LogP contribution is 2.35. The van der Waals surface area contributed by atoms with Crippen LogP contribution >= 0.6 is 0 Å². The number of phenols is 2. The summed E-state index contributed by atoms with van der Waals surface area (Å²) in [6.07, 6.45) is 1.92. The molecule has 0 saturated heterocycles. The molecule has 0 amide bonds. The average molecular weight is 256 g/mol. The van der Waals surface area contributed by atoms with Crippen LogP contribution in [0.25, 0.3) is 0 Å². The van der Waals surface area contributed by atoms with E-state index in [-0.39, 0.29) is 17.4 Å². The molecule has 0 fully saturated rings. The molecule has 0 aliphatic carbocycles. The van der Waals surface area contributed by atoms with Crippen LogP contribution in [0.15, 0.2) is 42.5 Å². The molecule has 2 N–H and O–H groups in total. The number of phenolic OH excluding ortho intramolecular Hbond substituents is 2. The Hall–Kier alpha value is -1.96. The molecule has 19 heavy (non-hydrogen) atoms. The molecule has 1 unspecified atom stereocenters. The van der Waals surface area contributed by atoms with Crippen molar-refractivity contribution in [1.29, 1.82) is 0 Å². The van der Waals surface area contributed by atoms with Gasteiger partial charge in [-0.05, 0) is 35.2 Å². The minimum atomic E-state index is -0.0439. The van der Waals surface area contributed by atoms with E-state index in [1.54, 1.807) is 12.1 Å². The van der Waals surface area contributed by atoms with Crippen LogP contribution in [-0.2, 0) is 6.42 Å². The Morgan fingerprint density at radius 3 is 2.26 bits per heavy atom. The van der Waals surface area contributed by atoms with E-state index in [0.29, 0.717) is 0 Å². The first-order valence-corrected chi connectivity index (χ1v) is 6.73. The molecule has 0 saturated carbocycles. The van der Waals surface area contributed by atoms with E-state index in [9.17, 15) is 10.2 Å². The molecule has 0 radical (unpaired) electrons. The zero-order valence-electron chi connectivity index (χ0n) is 11.4. The first-order valence-electron chi connectivity index (χ1n) is 6.73. The number of hydrogen-bond acceptors (Lipinski definition) is 2. The van der Waals surface area contributed by atoms with Crippen molar-refractivity contribution in [2.45, 2.75) is 32.6 Å². The zero-order chi connectivity index (χ0) is 13.8. The molecule has 2 rings (SSSR count). The Labute approximate surface area is 114 Å². The van der Waals surface area contributed by atoms with Crippen molar-refractivity contribution >= 4 is 0 Å². The average Bonchev–Trinajstić information content (AvgIpc) is 2.43. The van der Waals surface area contributed by atoms with Gasteiger partial charge in [0.05, 0.1) is 0 Å². The minimum Gasteiger partial charge on any atom is -0.504 e. The monoisotopic (exact) mass is 256 g/mol. The second-order valence-electron chi connectivity index (χ2n) is 4.92.